The predicted molar refractivity (Wildman–Crippen MR) is 120 cm³/mol. The summed E-state index contributed by atoms with van der Waals surface area (Å²) in [4.78, 5) is 14.2. The fraction of sp³-hybridized carbons (Fsp3) is 0.348. The van der Waals surface area contributed by atoms with Crippen molar-refractivity contribution in [1.29, 1.82) is 0 Å². The lowest BCUT2D eigenvalue weighted by Gasteiger charge is -2.28. The van der Waals surface area contributed by atoms with Crippen LogP contribution in [0.2, 0.25) is 0 Å². The highest BCUT2D eigenvalue weighted by atomic mass is 35.5. The molecule has 29 heavy (non-hydrogen) atoms. The molecule has 2 aromatic carbocycles. The largest absolute Gasteiger partial charge is 0.506 e. The molecule has 1 aromatic heterocycles. The van der Waals surface area contributed by atoms with E-state index in [9.17, 15) is 15.0 Å². The summed E-state index contributed by atoms with van der Waals surface area (Å²) in [5.74, 6) is -0.00447. The molecule has 156 valence electrons. The van der Waals surface area contributed by atoms with Gasteiger partial charge < -0.3 is 20.5 Å². The summed E-state index contributed by atoms with van der Waals surface area (Å²) >= 11 is 0. The van der Waals surface area contributed by atoms with Gasteiger partial charge in [-0.2, -0.15) is 0 Å². The van der Waals surface area contributed by atoms with E-state index in [1.54, 1.807) is 12.1 Å². The molecule has 3 rings (SSSR count). The third-order valence-electron chi connectivity index (χ3n) is 5.32. The first kappa shape index (κ1) is 22.9. The van der Waals surface area contributed by atoms with Crippen LogP contribution in [0.1, 0.15) is 43.1 Å². The van der Waals surface area contributed by atoms with Crippen LogP contribution in [-0.4, -0.2) is 27.3 Å². The van der Waals surface area contributed by atoms with Crippen molar-refractivity contribution in [1.82, 2.24) is 10.3 Å². The number of halogens is 1. The average molecular weight is 417 g/mol. The van der Waals surface area contributed by atoms with E-state index in [4.69, 9.17) is 0 Å². The topological polar surface area (TPSA) is 85.3 Å². The Labute approximate surface area is 177 Å². The number of rotatable bonds is 7. The van der Waals surface area contributed by atoms with Crippen molar-refractivity contribution >= 4 is 23.3 Å². The molecular formula is C23H29ClN2O3. The van der Waals surface area contributed by atoms with E-state index in [1.165, 1.54) is 23.3 Å². The summed E-state index contributed by atoms with van der Waals surface area (Å²) in [6, 6.07) is 14.6. The highest BCUT2D eigenvalue weighted by molar-refractivity contribution is 5.87. The van der Waals surface area contributed by atoms with Gasteiger partial charge in [-0.3, -0.25) is 4.79 Å². The molecule has 1 unspecified atom stereocenters. The predicted octanol–water partition coefficient (Wildman–Crippen LogP) is 4.00. The number of phenolic OH excluding ortho intramolecular Hbond substituents is 1. The zero-order chi connectivity index (χ0) is 20.3. The molecule has 3 aromatic rings. The second-order valence-electron chi connectivity index (χ2n) is 7.99. The van der Waals surface area contributed by atoms with Crippen molar-refractivity contribution in [3.05, 3.63) is 75.6 Å². The molecule has 1 atom stereocenters. The maximum absolute atomic E-state index is 11.5. The van der Waals surface area contributed by atoms with Crippen LogP contribution in [-0.2, 0) is 6.42 Å². The van der Waals surface area contributed by atoms with E-state index in [0.29, 0.717) is 23.0 Å². The van der Waals surface area contributed by atoms with Gasteiger partial charge in [0, 0.05) is 23.5 Å². The number of hydrogen-bond acceptors (Lipinski definition) is 4. The van der Waals surface area contributed by atoms with E-state index in [0.717, 1.165) is 12.8 Å². The number of pyridine rings is 1. The molecule has 0 spiro atoms. The van der Waals surface area contributed by atoms with Crippen LogP contribution in [0.15, 0.2) is 53.3 Å². The molecular weight excluding hydrogens is 388 g/mol. The number of aromatic nitrogens is 1. The van der Waals surface area contributed by atoms with Gasteiger partial charge in [0.15, 0.2) is 0 Å². The average Bonchev–Trinajstić information content (AvgIpc) is 2.66. The Balaban J connectivity index is 0.00000300. The first-order valence-electron chi connectivity index (χ1n) is 9.59. The van der Waals surface area contributed by atoms with Gasteiger partial charge in [0.1, 0.15) is 5.75 Å². The fourth-order valence-corrected chi connectivity index (χ4v) is 3.46. The minimum atomic E-state index is -0.758. The number of aliphatic hydroxyl groups excluding tert-OH is 1. The monoisotopic (exact) mass is 416 g/mol. The Hall–Kier alpha value is -2.34. The number of aliphatic hydroxyl groups is 1. The Bertz CT molecular complexity index is 1030. The van der Waals surface area contributed by atoms with Gasteiger partial charge >= 0.3 is 0 Å². The Morgan fingerprint density at radius 3 is 2.55 bits per heavy atom. The highest BCUT2D eigenvalue weighted by Crippen LogP contribution is 2.29. The van der Waals surface area contributed by atoms with Crippen LogP contribution in [0.3, 0.4) is 0 Å². The smallest absolute Gasteiger partial charge is 0.248 e. The molecule has 0 bridgehead atoms. The van der Waals surface area contributed by atoms with Crippen molar-refractivity contribution < 1.29 is 10.2 Å². The van der Waals surface area contributed by atoms with Crippen LogP contribution in [0.4, 0.5) is 0 Å². The van der Waals surface area contributed by atoms with Crippen LogP contribution in [0.5, 0.6) is 5.75 Å². The molecule has 0 aliphatic heterocycles. The van der Waals surface area contributed by atoms with Gasteiger partial charge in [-0.1, -0.05) is 30.3 Å². The van der Waals surface area contributed by atoms with Crippen molar-refractivity contribution in [2.45, 2.75) is 45.3 Å². The van der Waals surface area contributed by atoms with E-state index in [1.807, 2.05) is 6.07 Å². The van der Waals surface area contributed by atoms with E-state index in [-0.39, 0.29) is 29.3 Å². The number of β-amino-alcohol motifs (C(OH)–C–C–N with tert-alkyl or cyclic N) is 1. The molecule has 0 amide bonds. The molecule has 6 heteroatoms. The van der Waals surface area contributed by atoms with Crippen molar-refractivity contribution in [3.8, 4) is 5.75 Å². The van der Waals surface area contributed by atoms with Crippen LogP contribution < -0.4 is 10.9 Å². The van der Waals surface area contributed by atoms with Gasteiger partial charge in [0.05, 0.1) is 11.6 Å². The summed E-state index contributed by atoms with van der Waals surface area (Å²) < 4.78 is 0. The normalized spacial score (nSPS) is 12.6. The zero-order valence-electron chi connectivity index (χ0n) is 17.0. The van der Waals surface area contributed by atoms with Gasteiger partial charge in [-0.15, -0.1) is 12.4 Å². The first-order valence-corrected chi connectivity index (χ1v) is 9.59. The standard InChI is InChI=1S/C23H28N2O3.ClH/c1-15-6-4-5-7-16(15)12-13-23(2,3)24-14-20(27)17-8-10-19(26)22-18(17)9-11-21(28)25-22;/h4-11,20,24,26-27H,12-14H2,1-3H3,(H,25,28);1H. The van der Waals surface area contributed by atoms with E-state index in [2.05, 4.69) is 49.3 Å². The third-order valence-corrected chi connectivity index (χ3v) is 5.32. The first-order chi connectivity index (χ1) is 13.3. The molecule has 1 heterocycles. The molecule has 0 radical (unpaired) electrons. The molecule has 0 saturated heterocycles. The second kappa shape index (κ2) is 9.44. The molecule has 0 aliphatic rings. The number of hydrogen-bond donors (Lipinski definition) is 4. The quantitative estimate of drug-likeness (QED) is 0.469. The van der Waals surface area contributed by atoms with Gasteiger partial charge in [0.25, 0.3) is 0 Å². The number of H-pyrrole nitrogens is 1. The van der Waals surface area contributed by atoms with Crippen molar-refractivity contribution in [2.24, 2.45) is 0 Å². The maximum atomic E-state index is 11.5. The lowest BCUT2D eigenvalue weighted by molar-refractivity contribution is 0.160. The summed E-state index contributed by atoms with van der Waals surface area (Å²) in [5.41, 5.74) is 3.22. The SMILES string of the molecule is Cc1ccccc1CCC(C)(C)NCC(O)c1ccc(O)c2[nH]c(=O)ccc12.Cl. The molecule has 0 saturated carbocycles. The Morgan fingerprint density at radius 1 is 1.10 bits per heavy atom. The lowest BCUT2D eigenvalue weighted by Crippen LogP contribution is -2.42. The molecule has 0 aliphatic carbocycles. The number of nitrogens with one attached hydrogen (secondary N) is 2. The molecule has 4 N–H and O–H groups in total. The number of aromatic hydroxyl groups is 1. The molecule has 0 fully saturated rings. The summed E-state index contributed by atoms with van der Waals surface area (Å²) in [6.45, 7) is 6.76. The maximum Gasteiger partial charge on any atom is 0.248 e. The van der Waals surface area contributed by atoms with Crippen LogP contribution >= 0.6 is 12.4 Å². The van der Waals surface area contributed by atoms with E-state index < -0.39 is 6.10 Å². The second-order valence-corrected chi connectivity index (χ2v) is 7.99. The minimum Gasteiger partial charge on any atom is -0.506 e. The van der Waals surface area contributed by atoms with Gasteiger partial charge in [0.2, 0.25) is 5.56 Å². The van der Waals surface area contributed by atoms with Crippen molar-refractivity contribution in [3.63, 3.8) is 0 Å². The highest BCUT2D eigenvalue weighted by Gasteiger charge is 2.21. The Kier molecular flexibility index (Phi) is 7.47. The number of aromatic amines is 1. The number of aryl methyl sites for hydroxylation is 2. The zero-order valence-corrected chi connectivity index (χ0v) is 17.8. The lowest BCUT2D eigenvalue weighted by atomic mass is 9.93. The fourth-order valence-electron chi connectivity index (χ4n) is 3.46. The summed E-state index contributed by atoms with van der Waals surface area (Å²) in [7, 11) is 0. The van der Waals surface area contributed by atoms with Gasteiger partial charge in [-0.25, -0.2) is 0 Å². The van der Waals surface area contributed by atoms with Crippen molar-refractivity contribution in [2.75, 3.05) is 6.54 Å². The minimum absolute atomic E-state index is 0. The molecule has 5 nitrogen and oxygen atoms in total. The van der Waals surface area contributed by atoms with Gasteiger partial charge in [-0.05, 0) is 62.4 Å². The summed E-state index contributed by atoms with van der Waals surface area (Å²) in [6.07, 6.45) is 1.15. The Morgan fingerprint density at radius 2 is 1.83 bits per heavy atom. The summed E-state index contributed by atoms with van der Waals surface area (Å²) in [5, 5.41) is 24.8. The number of fused-ring (bicyclic) bond motifs is 1. The van der Waals surface area contributed by atoms with Crippen LogP contribution in [0.25, 0.3) is 10.9 Å². The van der Waals surface area contributed by atoms with E-state index >= 15 is 0 Å². The number of phenols is 1. The third kappa shape index (κ3) is 5.60. The number of benzene rings is 2. The van der Waals surface area contributed by atoms with Crippen LogP contribution in [0, 0.1) is 6.92 Å².